The summed E-state index contributed by atoms with van der Waals surface area (Å²) in [6.07, 6.45) is -10.3. The van der Waals surface area contributed by atoms with Gasteiger partial charge in [-0.15, -0.1) is 0 Å². The number of alkyl halides is 6. The summed E-state index contributed by atoms with van der Waals surface area (Å²) < 4.78 is 118. The highest BCUT2D eigenvalue weighted by Crippen LogP contribution is 2.38. The van der Waals surface area contributed by atoms with Crippen LogP contribution in [0.15, 0.2) is 12.1 Å². The van der Waals surface area contributed by atoms with Crippen molar-refractivity contribution in [3.8, 4) is 0 Å². The highest BCUT2D eigenvalue weighted by Gasteiger charge is 2.46. The Kier molecular flexibility index (Phi) is 6.22. The summed E-state index contributed by atoms with van der Waals surface area (Å²) in [5.41, 5.74) is -0.911. The number of carbonyl (C=O) groups is 1. The van der Waals surface area contributed by atoms with E-state index in [-0.39, 0.29) is 4.90 Å². The largest absolute Gasteiger partial charge is 0.406 e. The lowest BCUT2D eigenvalue weighted by Gasteiger charge is -2.43. The number of rotatable bonds is 4. The minimum absolute atomic E-state index is 0.200. The third-order valence-corrected chi connectivity index (χ3v) is 4.49. The smallest absolute Gasteiger partial charge is 0.329 e. The number of carbonyl (C=O) groups excluding carboxylic acids is 1. The zero-order chi connectivity index (χ0) is 21.4. The molecule has 0 aromatic heterocycles. The van der Waals surface area contributed by atoms with Gasteiger partial charge >= 0.3 is 12.4 Å². The van der Waals surface area contributed by atoms with E-state index in [4.69, 9.17) is 0 Å². The van der Waals surface area contributed by atoms with E-state index < -0.39 is 78.8 Å². The van der Waals surface area contributed by atoms with Crippen LogP contribution in [-0.4, -0.2) is 48.3 Å². The van der Waals surface area contributed by atoms with Crippen LogP contribution in [0.5, 0.6) is 0 Å². The van der Waals surface area contributed by atoms with Gasteiger partial charge in [-0.3, -0.25) is 10.1 Å². The maximum atomic E-state index is 14.1. The van der Waals surface area contributed by atoms with Gasteiger partial charge in [0, 0.05) is 17.5 Å². The Labute approximate surface area is 153 Å². The molecule has 1 heterocycles. The second kappa shape index (κ2) is 7.80. The van der Waals surface area contributed by atoms with E-state index in [0.29, 0.717) is 12.1 Å². The molecule has 1 amide bonds. The lowest BCUT2D eigenvalue weighted by molar-refractivity contribution is -0.172. The summed E-state index contributed by atoms with van der Waals surface area (Å²) in [6, 6.07) is -2.20. The molecule has 1 saturated heterocycles. The van der Waals surface area contributed by atoms with Gasteiger partial charge in [0.1, 0.15) is 12.4 Å². The van der Waals surface area contributed by atoms with Crippen molar-refractivity contribution < 1.29 is 44.3 Å². The zero-order valence-electron chi connectivity index (χ0n) is 14.3. The first-order valence-corrected chi connectivity index (χ1v) is 8.02. The van der Waals surface area contributed by atoms with Crippen LogP contribution in [-0.2, 0) is 4.79 Å². The molecule has 0 saturated carbocycles. The minimum atomic E-state index is -4.90. The van der Waals surface area contributed by atoms with Crippen molar-refractivity contribution in [1.29, 1.82) is 0 Å². The maximum Gasteiger partial charge on any atom is 0.406 e. The average molecular weight is 422 g/mol. The Bertz CT molecular complexity index is 732. The van der Waals surface area contributed by atoms with Crippen molar-refractivity contribution >= 4 is 5.91 Å². The first kappa shape index (κ1) is 22.3. The molecule has 158 valence electrons. The molecule has 12 heteroatoms. The molecule has 0 radical (unpaired) electrons. The number of benzene rings is 1. The van der Waals surface area contributed by atoms with Gasteiger partial charge in [0.2, 0.25) is 5.91 Å². The molecule has 3 nitrogen and oxygen atoms in total. The molecule has 28 heavy (non-hydrogen) atoms. The molecule has 1 N–H and O–H groups in total. The first-order valence-electron chi connectivity index (χ1n) is 8.02. The second-order valence-corrected chi connectivity index (χ2v) is 6.47. The monoisotopic (exact) mass is 422 g/mol. The summed E-state index contributed by atoms with van der Waals surface area (Å²) in [5.74, 6) is -7.19. The fourth-order valence-electron chi connectivity index (χ4n) is 3.24. The van der Waals surface area contributed by atoms with Crippen LogP contribution in [0.1, 0.15) is 24.8 Å². The third kappa shape index (κ3) is 5.09. The predicted octanol–water partition coefficient (Wildman–Crippen LogP) is 3.89. The number of likely N-dealkylation sites (tertiary alicyclic amines) is 1. The highest BCUT2D eigenvalue weighted by molar-refractivity contribution is 5.83. The standard InChI is InChI=1S/C16H15F9N2O/c1-7-8(12-9(17)2-3-10(18)13(12)19)4-11(26-5-15(20,21)22)14(28)27(7)6-16(23,24)25/h2-3,7-8,11,26H,4-6H2,1H3/t7-,8-,11?/m1/s1. The highest BCUT2D eigenvalue weighted by atomic mass is 19.4. The second-order valence-electron chi connectivity index (χ2n) is 6.47. The summed E-state index contributed by atoms with van der Waals surface area (Å²) in [7, 11) is 0. The number of nitrogens with zero attached hydrogens (tertiary/aromatic N) is 1. The van der Waals surface area contributed by atoms with Crippen LogP contribution in [0.25, 0.3) is 0 Å². The number of amides is 1. The fraction of sp³-hybridized carbons (Fsp3) is 0.562. The molecular weight excluding hydrogens is 407 g/mol. The molecule has 3 atom stereocenters. The molecule has 1 aliphatic rings. The van der Waals surface area contributed by atoms with Crippen LogP contribution in [0.4, 0.5) is 39.5 Å². The molecule has 2 rings (SSSR count). The van der Waals surface area contributed by atoms with E-state index in [1.807, 2.05) is 0 Å². The molecule has 1 unspecified atom stereocenters. The van der Waals surface area contributed by atoms with E-state index in [0.717, 1.165) is 6.92 Å². The van der Waals surface area contributed by atoms with Crippen LogP contribution >= 0.6 is 0 Å². The van der Waals surface area contributed by atoms with Gasteiger partial charge in [-0.1, -0.05) is 0 Å². The van der Waals surface area contributed by atoms with E-state index in [1.165, 1.54) is 0 Å². The molecule has 1 fully saturated rings. The van der Waals surface area contributed by atoms with Crippen molar-refractivity contribution in [2.75, 3.05) is 13.1 Å². The molecule has 0 spiro atoms. The molecular formula is C16H15F9N2O. The number of halogens is 9. The van der Waals surface area contributed by atoms with Crippen LogP contribution in [0.3, 0.4) is 0 Å². The van der Waals surface area contributed by atoms with Crippen molar-refractivity contribution in [2.45, 2.75) is 43.7 Å². The fourth-order valence-corrected chi connectivity index (χ4v) is 3.24. The Morgan fingerprint density at radius 3 is 2.14 bits per heavy atom. The zero-order valence-corrected chi connectivity index (χ0v) is 14.3. The van der Waals surface area contributed by atoms with Gasteiger partial charge in [-0.05, 0) is 25.5 Å². The van der Waals surface area contributed by atoms with Crippen molar-refractivity contribution in [3.63, 3.8) is 0 Å². The van der Waals surface area contributed by atoms with Crippen molar-refractivity contribution in [2.24, 2.45) is 0 Å². The van der Waals surface area contributed by atoms with Gasteiger partial charge in [-0.25, -0.2) is 13.2 Å². The molecule has 1 aromatic rings. The molecule has 0 aliphatic carbocycles. The van der Waals surface area contributed by atoms with Gasteiger partial charge in [0.15, 0.2) is 11.6 Å². The SMILES string of the molecule is C[C@@H]1[C@H](c2c(F)ccc(F)c2F)CC(NCC(F)(F)F)C(=O)N1CC(F)(F)F. The number of hydrogen-bond acceptors (Lipinski definition) is 2. The Hall–Kier alpha value is -1.98. The summed E-state index contributed by atoms with van der Waals surface area (Å²) in [4.78, 5) is 12.5. The third-order valence-electron chi connectivity index (χ3n) is 4.49. The van der Waals surface area contributed by atoms with Gasteiger partial charge in [0.25, 0.3) is 0 Å². The Morgan fingerprint density at radius 2 is 1.61 bits per heavy atom. The molecule has 1 aliphatic heterocycles. The number of piperidine rings is 1. The van der Waals surface area contributed by atoms with E-state index in [9.17, 15) is 44.3 Å². The summed E-state index contributed by atoms with van der Waals surface area (Å²) >= 11 is 0. The molecule has 1 aromatic carbocycles. The Balaban J connectivity index is 2.44. The number of hydrogen-bond donors (Lipinski definition) is 1. The lowest BCUT2D eigenvalue weighted by atomic mass is 9.81. The van der Waals surface area contributed by atoms with E-state index in [1.54, 1.807) is 5.32 Å². The van der Waals surface area contributed by atoms with Crippen molar-refractivity contribution in [3.05, 3.63) is 35.1 Å². The number of nitrogens with one attached hydrogen (secondary N) is 1. The minimum Gasteiger partial charge on any atom is -0.329 e. The summed E-state index contributed by atoms with van der Waals surface area (Å²) in [5, 5.41) is 1.78. The lowest BCUT2D eigenvalue weighted by Crippen LogP contribution is -2.60. The van der Waals surface area contributed by atoms with Crippen LogP contribution < -0.4 is 5.32 Å². The van der Waals surface area contributed by atoms with Gasteiger partial charge in [0.05, 0.1) is 12.6 Å². The summed E-state index contributed by atoms with van der Waals surface area (Å²) in [6.45, 7) is -2.46. The van der Waals surface area contributed by atoms with Crippen LogP contribution in [0.2, 0.25) is 0 Å². The maximum absolute atomic E-state index is 14.1. The van der Waals surface area contributed by atoms with Gasteiger partial charge in [-0.2, -0.15) is 26.3 Å². The van der Waals surface area contributed by atoms with Gasteiger partial charge < -0.3 is 4.90 Å². The normalized spacial score (nSPS) is 24.0. The van der Waals surface area contributed by atoms with E-state index in [2.05, 4.69) is 0 Å². The first-order chi connectivity index (χ1) is 12.7. The predicted molar refractivity (Wildman–Crippen MR) is 78.7 cm³/mol. The molecule has 0 bridgehead atoms. The van der Waals surface area contributed by atoms with Crippen LogP contribution in [0, 0.1) is 17.5 Å². The topological polar surface area (TPSA) is 32.3 Å². The van der Waals surface area contributed by atoms with E-state index >= 15 is 0 Å². The van der Waals surface area contributed by atoms with Crippen molar-refractivity contribution in [1.82, 2.24) is 10.2 Å². The Morgan fingerprint density at radius 1 is 1.04 bits per heavy atom. The quantitative estimate of drug-likeness (QED) is 0.590. The average Bonchev–Trinajstić information content (AvgIpc) is 2.54.